The van der Waals surface area contributed by atoms with Crippen molar-refractivity contribution in [2.75, 3.05) is 13.1 Å². The molecule has 0 saturated carbocycles. The second-order valence-electron chi connectivity index (χ2n) is 4.85. The fraction of sp³-hybridized carbons (Fsp3) is 0.615. The molecular formula is C13H21NO3. The summed E-state index contributed by atoms with van der Waals surface area (Å²) in [7, 11) is 0. The molecule has 1 aromatic rings. The first kappa shape index (κ1) is 13.8. The van der Waals surface area contributed by atoms with Crippen molar-refractivity contribution in [1.82, 2.24) is 4.90 Å². The minimum absolute atomic E-state index is 0.0834. The van der Waals surface area contributed by atoms with Gasteiger partial charge in [0, 0.05) is 19.0 Å². The summed E-state index contributed by atoms with van der Waals surface area (Å²) in [5.74, 6) is 0.571. The molecule has 0 aliphatic rings. The zero-order valence-electron chi connectivity index (χ0n) is 10.7. The summed E-state index contributed by atoms with van der Waals surface area (Å²) in [4.78, 5) is 12.8. The van der Waals surface area contributed by atoms with Gasteiger partial charge in [0.05, 0.1) is 12.8 Å². The Morgan fingerprint density at radius 2 is 2.18 bits per heavy atom. The van der Waals surface area contributed by atoms with Gasteiger partial charge in [-0.3, -0.25) is 9.69 Å². The van der Waals surface area contributed by atoms with E-state index in [0.29, 0.717) is 5.92 Å². The van der Waals surface area contributed by atoms with E-state index < -0.39 is 5.97 Å². The maximum absolute atomic E-state index is 10.8. The molecule has 17 heavy (non-hydrogen) atoms. The van der Waals surface area contributed by atoms with E-state index in [-0.39, 0.29) is 12.6 Å². The number of carboxylic acids is 1. The number of carbonyl (C=O) groups is 1. The highest BCUT2D eigenvalue weighted by molar-refractivity contribution is 5.69. The molecular weight excluding hydrogens is 218 g/mol. The molecule has 4 nitrogen and oxygen atoms in total. The van der Waals surface area contributed by atoms with E-state index in [1.807, 2.05) is 24.0 Å². The van der Waals surface area contributed by atoms with E-state index in [4.69, 9.17) is 9.52 Å². The third kappa shape index (κ3) is 5.04. The highest BCUT2D eigenvalue weighted by Crippen LogP contribution is 2.11. The number of nitrogens with zero attached hydrogens (tertiary/aromatic N) is 1. The van der Waals surface area contributed by atoms with Crippen molar-refractivity contribution in [3.63, 3.8) is 0 Å². The lowest BCUT2D eigenvalue weighted by atomic mass is 10.1. The molecule has 1 unspecified atom stereocenters. The largest absolute Gasteiger partial charge is 0.480 e. The SMILES string of the molecule is CC(C)CN(CC(=O)O)C(C)Cc1ccco1. The summed E-state index contributed by atoms with van der Waals surface area (Å²) < 4.78 is 5.29. The van der Waals surface area contributed by atoms with Crippen LogP contribution in [-0.4, -0.2) is 35.1 Å². The predicted molar refractivity (Wildman–Crippen MR) is 65.9 cm³/mol. The van der Waals surface area contributed by atoms with Crippen LogP contribution in [0.3, 0.4) is 0 Å². The van der Waals surface area contributed by atoms with Crippen LogP contribution in [0, 0.1) is 5.92 Å². The van der Waals surface area contributed by atoms with Crippen LogP contribution in [0.5, 0.6) is 0 Å². The lowest BCUT2D eigenvalue weighted by molar-refractivity contribution is -0.139. The Bertz CT molecular complexity index is 332. The number of aliphatic carboxylic acids is 1. The zero-order valence-corrected chi connectivity index (χ0v) is 10.7. The lowest BCUT2D eigenvalue weighted by Gasteiger charge is -2.28. The van der Waals surface area contributed by atoms with Gasteiger partial charge in [0.2, 0.25) is 0 Å². The predicted octanol–water partition coefficient (Wildman–Crippen LogP) is 2.25. The highest BCUT2D eigenvalue weighted by Gasteiger charge is 2.19. The first-order valence-electron chi connectivity index (χ1n) is 5.97. The monoisotopic (exact) mass is 239 g/mol. The molecule has 0 amide bonds. The molecule has 0 radical (unpaired) electrons. The second kappa shape index (κ2) is 6.45. The average molecular weight is 239 g/mol. The van der Waals surface area contributed by atoms with Gasteiger partial charge < -0.3 is 9.52 Å². The molecule has 0 bridgehead atoms. The summed E-state index contributed by atoms with van der Waals surface area (Å²) >= 11 is 0. The number of carboxylic acid groups (broad SMARTS) is 1. The van der Waals surface area contributed by atoms with E-state index in [2.05, 4.69) is 13.8 Å². The molecule has 0 fully saturated rings. The molecule has 1 heterocycles. The molecule has 1 atom stereocenters. The van der Waals surface area contributed by atoms with E-state index in [0.717, 1.165) is 18.7 Å². The van der Waals surface area contributed by atoms with Gasteiger partial charge in [-0.1, -0.05) is 13.8 Å². The van der Waals surface area contributed by atoms with Crippen molar-refractivity contribution in [1.29, 1.82) is 0 Å². The Morgan fingerprint density at radius 3 is 2.65 bits per heavy atom. The van der Waals surface area contributed by atoms with Gasteiger partial charge in [0.1, 0.15) is 5.76 Å². The quantitative estimate of drug-likeness (QED) is 0.793. The summed E-state index contributed by atoms with van der Waals surface area (Å²) in [5, 5.41) is 8.91. The Hall–Kier alpha value is -1.29. The van der Waals surface area contributed by atoms with Gasteiger partial charge in [0.15, 0.2) is 0 Å². The van der Waals surface area contributed by atoms with Crippen LogP contribution in [-0.2, 0) is 11.2 Å². The number of furan rings is 1. The molecule has 4 heteroatoms. The molecule has 0 aromatic carbocycles. The van der Waals surface area contributed by atoms with Crippen LogP contribution in [0.15, 0.2) is 22.8 Å². The van der Waals surface area contributed by atoms with E-state index in [1.54, 1.807) is 6.26 Å². The van der Waals surface area contributed by atoms with Crippen molar-refractivity contribution in [2.24, 2.45) is 5.92 Å². The number of hydrogen-bond donors (Lipinski definition) is 1. The third-order valence-electron chi connectivity index (χ3n) is 2.64. The molecule has 1 aromatic heterocycles. The van der Waals surface area contributed by atoms with Crippen LogP contribution in [0.2, 0.25) is 0 Å². The molecule has 0 aliphatic heterocycles. The molecule has 96 valence electrons. The fourth-order valence-electron chi connectivity index (χ4n) is 1.89. The van der Waals surface area contributed by atoms with Crippen LogP contribution >= 0.6 is 0 Å². The smallest absolute Gasteiger partial charge is 0.317 e. The van der Waals surface area contributed by atoms with Crippen LogP contribution in [0.25, 0.3) is 0 Å². The first-order valence-corrected chi connectivity index (χ1v) is 5.97. The van der Waals surface area contributed by atoms with Gasteiger partial charge in [-0.2, -0.15) is 0 Å². The molecule has 1 rings (SSSR count). The number of hydrogen-bond acceptors (Lipinski definition) is 3. The van der Waals surface area contributed by atoms with Gasteiger partial charge in [-0.25, -0.2) is 0 Å². The van der Waals surface area contributed by atoms with Crippen molar-refractivity contribution < 1.29 is 14.3 Å². The van der Waals surface area contributed by atoms with E-state index in [1.165, 1.54) is 0 Å². The molecule has 1 N–H and O–H groups in total. The van der Waals surface area contributed by atoms with Gasteiger partial charge >= 0.3 is 5.97 Å². The van der Waals surface area contributed by atoms with Crippen molar-refractivity contribution >= 4 is 5.97 Å². The normalized spacial score (nSPS) is 13.2. The van der Waals surface area contributed by atoms with Gasteiger partial charge in [-0.05, 0) is 25.0 Å². The molecule has 0 aliphatic carbocycles. The van der Waals surface area contributed by atoms with Crippen molar-refractivity contribution in [2.45, 2.75) is 33.2 Å². The Morgan fingerprint density at radius 1 is 1.47 bits per heavy atom. The first-order chi connectivity index (χ1) is 7.99. The number of rotatable bonds is 7. The highest BCUT2D eigenvalue weighted by atomic mass is 16.4. The molecule has 0 saturated heterocycles. The zero-order chi connectivity index (χ0) is 12.8. The third-order valence-corrected chi connectivity index (χ3v) is 2.64. The Labute approximate surface area is 102 Å². The minimum atomic E-state index is -0.781. The lowest BCUT2D eigenvalue weighted by Crippen LogP contribution is -2.40. The topological polar surface area (TPSA) is 53.7 Å². The van der Waals surface area contributed by atoms with Crippen molar-refractivity contribution in [3.8, 4) is 0 Å². The Kier molecular flexibility index (Phi) is 5.22. The summed E-state index contributed by atoms with van der Waals surface area (Å²) in [6, 6.07) is 3.94. The summed E-state index contributed by atoms with van der Waals surface area (Å²) in [5.41, 5.74) is 0. The summed E-state index contributed by atoms with van der Waals surface area (Å²) in [6.45, 7) is 7.09. The standard InChI is InChI=1S/C13H21NO3/c1-10(2)8-14(9-13(15)16)11(3)7-12-5-4-6-17-12/h4-6,10-11H,7-9H2,1-3H3,(H,15,16). The van der Waals surface area contributed by atoms with Gasteiger partial charge in [0.25, 0.3) is 0 Å². The van der Waals surface area contributed by atoms with E-state index >= 15 is 0 Å². The van der Waals surface area contributed by atoms with Crippen LogP contribution in [0.4, 0.5) is 0 Å². The fourth-order valence-corrected chi connectivity index (χ4v) is 1.89. The minimum Gasteiger partial charge on any atom is -0.480 e. The van der Waals surface area contributed by atoms with Crippen molar-refractivity contribution in [3.05, 3.63) is 24.2 Å². The van der Waals surface area contributed by atoms with Crippen LogP contribution in [0.1, 0.15) is 26.5 Å². The maximum Gasteiger partial charge on any atom is 0.317 e. The molecule has 0 spiro atoms. The summed E-state index contributed by atoms with van der Waals surface area (Å²) in [6.07, 6.45) is 2.39. The van der Waals surface area contributed by atoms with E-state index in [9.17, 15) is 4.79 Å². The van der Waals surface area contributed by atoms with Gasteiger partial charge in [-0.15, -0.1) is 0 Å². The maximum atomic E-state index is 10.8. The Balaban J connectivity index is 2.58. The second-order valence-corrected chi connectivity index (χ2v) is 4.85. The van der Waals surface area contributed by atoms with Crippen LogP contribution < -0.4 is 0 Å². The average Bonchev–Trinajstić information content (AvgIpc) is 2.67.